The molecule has 26 heavy (non-hydrogen) atoms. The molecule has 3 rings (SSSR count). The second kappa shape index (κ2) is 8.98. The SMILES string of the molecule is CC(Sc1nnc(-c2cccnc2)n1C)C(=O)NCCC1=CCCCC1. The summed E-state index contributed by atoms with van der Waals surface area (Å²) in [5, 5.41) is 12.0. The molecule has 0 fully saturated rings. The fraction of sp³-hybridized carbons (Fsp3) is 0.474. The van der Waals surface area contributed by atoms with Gasteiger partial charge in [-0.1, -0.05) is 23.4 Å². The summed E-state index contributed by atoms with van der Waals surface area (Å²) in [7, 11) is 1.91. The number of nitrogens with zero attached hydrogens (tertiary/aromatic N) is 4. The first-order valence-corrected chi connectivity index (χ1v) is 9.95. The maximum absolute atomic E-state index is 12.4. The van der Waals surface area contributed by atoms with Crippen LogP contribution in [0.25, 0.3) is 11.4 Å². The lowest BCUT2D eigenvalue weighted by Gasteiger charge is -2.14. The molecule has 6 nitrogen and oxygen atoms in total. The maximum Gasteiger partial charge on any atom is 0.233 e. The van der Waals surface area contributed by atoms with E-state index in [2.05, 4.69) is 26.6 Å². The minimum atomic E-state index is -0.222. The third-order valence-corrected chi connectivity index (χ3v) is 5.67. The number of pyridine rings is 1. The summed E-state index contributed by atoms with van der Waals surface area (Å²) in [6.45, 7) is 2.60. The van der Waals surface area contributed by atoms with E-state index in [9.17, 15) is 4.79 Å². The van der Waals surface area contributed by atoms with Crippen LogP contribution in [0.15, 0.2) is 41.3 Å². The molecule has 0 aromatic carbocycles. The molecule has 1 aliphatic carbocycles. The zero-order chi connectivity index (χ0) is 18.4. The van der Waals surface area contributed by atoms with E-state index in [1.807, 2.05) is 30.7 Å². The van der Waals surface area contributed by atoms with E-state index in [0.29, 0.717) is 6.54 Å². The molecule has 1 aliphatic rings. The van der Waals surface area contributed by atoms with E-state index < -0.39 is 0 Å². The van der Waals surface area contributed by atoms with Gasteiger partial charge in [-0.2, -0.15) is 0 Å². The van der Waals surface area contributed by atoms with Gasteiger partial charge in [0.2, 0.25) is 5.91 Å². The van der Waals surface area contributed by atoms with Crippen molar-refractivity contribution in [2.75, 3.05) is 6.54 Å². The summed E-state index contributed by atoms with van der Waals surface area (Å²) in [6, 6.07) is 3.82. The van der Waals surface area contributed by atoms with Crippen LogP contribution < -0.4 is 5.32 Å². The number of allylic oxidation sites excluding steroid dienone is 1. The van der Waals surface area contributed by atoms with Crippen molar-refractivity contribution in [2.24, 2.45) is 7.05 Å². The summed E-state index contributed by atoms with van der Waals surface area (Å²) in [6.07, 6.45) is 11.7. The number of hydrogen-bond acceptors (Lipinski definition) is 5. The Morgan fingerprint density at radius 2 is 2.27 bits per heavy atom. The molecule has 1 atom stereocenters. The number of carbonyl (C=O) groups excluding carboxylic acids is 1. The largest absolute Gasteiger partial charge is 0.355 e. The second-order valence-electron chi connectivity index (χ2n) is 6.52. The van der Waals surface area contributed by atoms with Gasteiger partial charge in [0.05, 0.1) is 5.25 Å². The lowest BCUT2D eigenvalue weighted by atomic mass is 9.97. The average Bonchev–Trinajstić information content (AvgIpc) is 3.03. The van der Waals surface area contributed by atoms with E-state index in [-0.39, 0.29) is 11.2 Å². The molecular weight excluding hydrogens is 346 g/mol. The molecule has 0 saturated carbocycles. The average molecular weight is 372 g/mol. The van der Waals surface area contributed by atoms with Crippen LogP contribution in [0.1, 0.15) is 39.0 Å². The molecule has 0 aliphatic heterocycles. The minimum Gasteiger partial charge on any atom is -0.355 e. The first-order chi connectivity index (χ1) is 12.6. The van der Waals surface area contributed by atoms with Crippen LogP contribution >= 0.6 is 11.8 Å². The van der Waals surface area contributed by atoms with Gasteiger partial charge >= 0.3 is 0 Å². The molecule has 138 valence electrons. The highest BCUT2D eigenvalue weighted by Gasteiger charge is 2.19. The number of amides is 1. The number of aromatic nitrogens is 4. The van der Waals surface area contributed by atoms with Crippen LogP contribution in [0, 0.1) is 0 Å². The van der Waals surface area contributed by atoms with E-state index in [1.54, 1.807) is 12.4 Å². The van der Waals surface area contributed by atoms with Crippen LogP contribution in [0.5, 0.6) is 0 Å². The molecular formula is C19H25N5OS. The molecule has 2 aromatic heterocycles. The van der Waals surface area contributed by atoms with Crippen LogP contribution in [0.4, 0.5) is 0 Å². The first kappa shape index (κ1) is 18.6. The van der Waals surface area contributed by atoms with Crippen molar-refractivity contribution in [3.05, 3.63) is 36.2 Å². The smallest absolute Gasteiger partial charge is 0.233 e. The zero-order valence-electron chi connectivity index (χ0n) is 15.3. The standard InChI is InChI=1S/C19H25N5OS/c1-14(18(25)21-12-10-15-7-4-3-5-8-15)26-19-23-22-17(24(19)2)16-9-6-11-20-13-16/h6-7,9,11,13-14H,3-5,8,10,12H2,1-2H3,(H,21,25). The van der Waals surface area contributed by atoms with Gasteiger partial charge in [0.1, 0.15) is 0 Å². The molecule has 1 unspecified atom stereocenters. The summed E-state index contributed by atoms with van der Waals surface area (Å²) >= 11 is 1.42. The first-order valence-electron chi connectivity index (χ1n) is 9.07. The molecule has 0 bridgehead atoms. The van der Waals surface area contributed by atoms with Crippen LogP contribution in [0.2, 0.25) is 0 Å². The van der Waals surface area contributed by atoms with Gasteiger partial charge in [0.25, 0.3) is 0 Å². The lowest BCUT2D eigenvalue weighted by Crippen LogP contribution is -2.32. The van der Waals surface area contributed by atoms with Gasteiger partial charge in [-0.05, 0) is 51.2 Å². The normalized spacial score (nSPS) is 15.4. The van der Waals surface area contributed by atoms with Gasteiger partial charge < -0.3 is 9.88 Å². The summed E-state index contributed by atoms with van der Waals surface area (Å²) < 4.78 is 1.90. The monoisotopic (exact) mass is 371 g/mol. The Bertz CT molecular complexity index is 771. The third-order valence-electron chi connectivity index (χ3n) is 4.54. The van der Waals surface area contributed by atoms with Crippen molar-refractivity contribution in [1.29, 1.82) is 0 Å². The molecule has 7 heteroatoms. The van der Waals surface area contributed by atoms with E-state index in [1.165, 1.54) is 43.0 Å². The Labute approximate surface area is 158 Å². The number of thioether (sulfide) groups is 1. The minimum absolute atomic E-state index is 0.0392. The van der Waals surface area contributed by atoms with Gasteiger partial charge in [-0.15, -0.1) is 10.2 Å². The topological polar surface area (TPSA) is 72.7 Å². The summed E-state index contributed by atoms with van der Waals surface area (Å²) in [5.41, 5.74) is 2.39. The van der Waals surface area contributed by atoms with E-state index in [4.69, 9.17) is 0 Å². The lowest BCUT2D eigenvalue weighted by molar-refractivity contribution is -0.120. The number of nitrogens with one attached hydrogen (secondary N) is 1. The molecule has 2 aromatic rings. The summed E-state index contributed by atoms with van der Waals surface area (Å²) in [4.78, 5) is 16.5. The Morgan fingerprint density at radius 3 is 3.00 bits per heavy atom. The molecule has 0 saturated heterocycles. The fourth-order valence-corrected chi connectivity index (χ4v) is 3.84. The zero-order valence-corrected chi connectivity index (χ0v) is 16.1. The maximum atomic E-state index is 12.4. The Kier molecular flexibility index (Phi) is 6.44. The van der Waals surface area contributed by atoms with Crippen molar-refractivity contribution < 1.29 is 4.79 Å². The van der Waals surface area contributed by atoms with Crippen molar-refractivity contribution in [3.63, 3.8) is 0 Å². The van der Waals surface area contributed by atoms with Crippen LogP contribution in [0.3, 0.4) is 0 Å². The molecule has 2 heterocycles. The second-order valence-corrected chi connectivity index (χ2v) is 7.82. The van der Waals surface area contributed by atoms with Gasteiger partial charge in [0.15, 0.2) is 11.0 Å². The Balaban J connectivity index is 1.52. The van der Waals surface area contributed by atoms with Gasteiger partial charge in [-0.3, -0.25) is 9.78 Å². The number of carbonyl (C=O) groups is 1. The highest BCUT2D eigenvalue weighted by Crippen LogP contribution is 2.25. The Morgan fingerprint density at radius 1 is 1.38 bits per heavy atom. The van der Waals surface area contributed by atoms with Crippen molar-refractivity contribution >= 4 is 17.7 Å². The summed E-state index contributed by atoms with van der Waals surface area (Å²) in [5.74, 6) is 0.787. The number of rotatable bonds is 7. The van der Waals surface area contributed by atoms with E-state index >= 15 is 0 Å². The fourth-order valence-electron chi connectivity index (χ4n) is 3.00. The van der Waals surface area contributed by atoms with Crippen molar-refractivity contribution in [3.8, 4) is 11.4 Å². The quantitative estimate of drug-likeness (QED) is 0.597. The highest BCUT2D eigenvalue weighted by atomic mass is 32.2. The van der Waals surface area contributed by atoms with E-state index in [0.717, 1.165) is 23.0 Å². The molecule has 1 N–H and O–H groups in total. The van der Waals surface area contributed by atoms with Crippen LogP contribution in [-0.2, 0) is 11.8 Å². The Hall–Kier alpha value is -2.15. The van der Waals surface area contributed by atoms with Crippen molar-refractivity contribution in [1.82, 2.24) is 25.1 Å². The van der Waals surface area contributed by atoms with Crippen molar-refractivity contribution in [2.45, 2.75) is 49.4 Å². The molecule has 0 spiro atoms. The molecule has 1 amide bonds. The van der Waals surface area contributed by atoms with Gasteiger partial charge in [0, 0.05) is 31.5 Å². The third kappa shape index (κ3) is 4.72. The molecule has 0 radical (unpaired) electrons. The predicted octanol–water partition coefficient (Wildman–Crippen LogP) is 3.36. The van der Waals surface area contributed by atoms with Crippen LogP contribution in [-0.4, -0.2) is 37.5 Å². The number of hydrogen-bond donors (Lipinski definition) is 1. The highest BCUT2D eigenvalue weighted by molar-refractivity contribution is 8.00. The predicted molar refractivity (Wildman–Crippen MR) is 104 cm³/mol. The van der Waals surface area contributed by atoms with Gasteiger partial charge in [-0.25, -0.2) is 0 Å².